The number of anilines is 1. The molecule has 0 radical (unpaired) electrons. The molecule has 11 nitrogen and oxygen atoms in total. The predicted molar refractivity (Wildman–Crippen MR) is 121 cm³/mol. The van der Waals surface area contributed by atoms with Crippen molar-refractivity contribution in [3.63, 3.8) is 0 Å². The zero-order valence-corrected chi connectivity index (χ0v) is 19.2. The summed E-state index contributed by atoms with van der Waals surface area (Å²) in [6.45, 7) is 0.752. The molecule has 2 aromatic rings. The second kappa shape index (κ2) is 10.5. The van der Waals surface area contributed by atoms with Crippen LogP contribution in [0.1, 0.15) is 22.3 Å². The highest BCUT2D eigenvalue weighted by molar-refractivity contribution is 6.36. The van der Waals surface area contributed by atoms with E-state index in [1.54, 1.807) is 6.92 Å². The zero-order valence-electron chi connectivity index (χ0n) is 17.7. The van der Waals surface area contributed by atoms with Crippen molar-refractivity contribution in [3.8, 4) is 0 Å². The van der Waals surface area contributed by atoms with Crippen LogP contribution in [-0.4, -0.2) is 46.8 Å². The number of nitro benzene ring substituents is 1. The first kappa shape index (κ1) is 24.9. The molecule has 2 aromatic carbocycles. The van der Waals surface area contributed by atoms with Crippen molar-refractivity contribution in [3.05, 3.63) is 67.7 Å². The van der Waals surface area contributed by atoms with Gasteiger partial charge in [0.25, 0.3) is 17.5 Å². The lowest BCUT2D eigenvalue weighted by atomic mass is 10.1. The Morgan fingerprint density at radius 1 is 1.21 bits per heavy atom. The van der Waals surface area contributed by atoms with Gasteiger partial charge in [0.1, 0.15) is 0 Å². The Balaban J connectivity index is 1.51. The minimum absolute atomic E-state index is 0.0949. The lowest BCUT2D eigenvalue weighted by molar-refractivity contribution is -0.385. The van der Waals surface area contributed by atoms with Crippen molar-refractivity contribution in [2.75, 3.05) is 18.5 Å². The average molecular weight is 509 g/mol. The highest BCUT2D eigenvalue weighted by Crippen LogP contribution is 2.23. The van der Waals surface area contributed by atoms with Crippen LogP contribution in [0.4, 0.5) is 11.4 Å². The molecule has 0 aromatic heterocycles. The first-order chi connectivity index (χ1) is 16.0. The fourth-order valence-corrected chi connectivity index (χ4v) is 3.66. The molecule has 1 heterocycles. The molecule has 2 N–H and O–H groups in total. The summed E-state index contributed by atoms with van der Waals surface area (Å²) in [5.41, 5.74) is 2.91. The number of hydrogen-bond acceptors (Lipinski definition) is 7. The van der Waals surface area contributed by atoms with E-state index < -0.39 is 41.1 Å². The van der Waals surface area contributed by atoms with Gasteiger partial charge in [-0.15, -0.1) is 0 Å². The SMILES string of the molecule is Cc1ccc(NC(=O)COC(=O)[C@H]2CC(=O)N(NC(=O)c3ccc(Cl)cc3Cl)C2)cc1[N+](=O)[O-]. The minimum Gasteiger partial charge on any atom is -0.455 e. The molecule has 1 fully saturated rings. The molecule has 0 bridgehead atoms. The van der Waals surface area contributed by atoms with Crippen molar-refractivity contribution < 1.29 is 28.8 Å². The Bertz CT molecular complexity index is 1190. The zero-order chi connectivity index (χ0) is 25.0. The number of nitrogens with zero attached hydrogens (tertiary/aromatic N) is 2. The van der Waals surface area contributed by atoms with Gasteiger partial charge in [0.05, 0.1) is 28.0 Å². The number of halogens is 2. The summed E-state index contributed by atoms with van der Waals surface area (Å²) in [5.74, 6) is -3.59. The van der Waals surface area contributed by atoms with Gasteiger partial charge >= 0.3 is 5.97 Å². The van der Waals surface area contributed by atoms with Gasteiger partial charge in [0.2, 0.25) is 5.91 Å². The van der Waals surface area contributed by atoms with Gasteiger partial charge in [-0.1, -0.05) is 29.3 Å². The maximum atomic E-state index is 12.4. The van der Waals surface area contributed by atoms with Gasteiger partial charge in [-0.3, -0.25) is 39.7 Å². The van der Waals surface area contributed by atoms with Crippen molar-refractivity contribution in [2.45, 2.75) is 13.3 Å². The van der Waals surface area contributed by atoms with Crippen molar-refractivity contribution in [2.24, 2.45) is 5.92 Å². The van der Waals surface area contributed by atoms with Crippen LogP contribution in [0.2, 0.25) is 10.0 Å². The fraction of sp³-hybridized carbons (Fsp3) is 0.238. The molecule has 0 saturated carbocycles. The Kier molecular flexibility index (Phi) is 7.69. The smallest absolute Gasteiger partial charge is 0.311 e. The third-order valence-electron chi connectivity index (χ3n) is 4.91. The third-order valence-corrected chi connectivity index (χ3v) is 5.45. The number of carbonyl (C=O) groups excluding carboxylic acids is 4. The summed E-state index contributed by atoms with van der Waals surface area (Å²) < 4.78 is 4.97. The highest BCUT2D eigenvalue weighted by atomic mass is 35.5. The van der Waals surface area contributed by atoms with Gasteiger partial charge in [-0.2, -0.15) is 0 Å². The number of nitro groups is 1. The molecule has 0 unspecified atom stereocenters. The fourth-order valence-electron chi connectivity index (χ4n) is 3.17. The predicted octanol–water partition coefficient (Wildman–Crippen LogP) is 2.89. The molecule has 0 spiro atoms. The summed E-state index contributed by atoms with van der Waals surface area (Å²) in [4.78, 5) is 59.4. The monoisotopic (exact) mass is 508 g/mol. The molecule has 1 aliphatic rings. The van der Waals surface area contributed by atoms with Crippen LogP contribution in [0.5, 0.6) is 0 Å². The molecule has 13 heteroatoms. The van der Waals surface area contributed by atoms with E-state index in [1.807, 2.05) is 0 Å². The number of hydrogen-bond donors (Lipinski definition) is 2. The second-order valence-corrected chi connectivity index (χ2v) is 8.23. The van der Waals surface area contributed by atoms with Crippen molar-refractivity contribution in [1.29, 1.82) is 0 Å². The molecule has 178 valence electrons. The maximum absolute atomic E-state index is 12.4. The van der Waals surface area contributed by atoms with E-state index in [-0.39, 0.29) is 34.9 Å². The number of benzene rings is 2. The lowest BCUT2D eigenvalue weighted by Gasteiger charge is -2.18. The number of esters is 1. The number of aryl methyl sites for hydroxylation is 1. The van der Waals surface area contributed by atoms with Gasteiger partial charge in [0.15, 0.2) is 6.61 Å². The molecular formula is C21H18Cl2N4O7. The van der Waals surface area contributed by atoms with E-state index in [0.29, 0.717) is 10.6 Å². The van der Waals surface area contributed by atoms with E-state index in [9.17, 15) is 29.3 Å². The number of carbonyl (C=O) groups is 4. The maximum Gasteiger partial charge on any atom is 0.311 e. The van der Waals surface area contributed by atoms with Crippen LogP contribution in [0, 0.1) is 23.0 Å². The van der Waals surface area contributed by atoms with E-state index >= 15 is 0 Å². The molecule has 1 aliphatic heterocycles. The summed E-state index contributed by atoms with van der Waals surface area (Å²) in [6, 6.07) is 8.39. The summed E-state index contributed by atoms with van der Waals surface area (Å²) in [6.07, 6.45) is -0.223. The Hall–Kier alpha value is -3.70. The van der Waals surface area contributed by atoms with Crippen LogP contribution >= 0.6 is 23.2 Å². The highest BCUT2D eigenvalue weighted by Gasteiger charge is 2.37. The largest absolute Gasteiger partial charge is 0.455 e. The van der Waals surface area contributed by atoms with Crippen LogP contribution < -0.4 is 10.7 Å². The van der Waals surface area contributed by atoms with E-state index in [4.69, 9.17) is 27.9 Å². The summed E-state index contributed by atoms with van der Waals surface area (Å²) >= 11 is 11.8. The Morgan fingerprint density at radius 3 is 2.62 bits per heavy atom. The van der Waals surface area contributed by atoms with Gasteiger partial charge in [0, 0.05) is 28.8 Å². The number of rotatable bonds is 7. The molecule has 1 atom stereocenters. The van der Waals surface area contributed by atoms with Gasteiger partial charge in [-0.25, -0.2) is 0 Å². The lowest BCUT2D eigenvalue weighted by Crippen LogP contribution is -2.43. The topological polar surface area (TPSA) is 148 Å². The summed E-state index contributed by atoms with van der Waals surface area (Å²) in [5, 5.41) is 14.8. The van der Waals surface area contributed by atoms with Gasteiger partial charge < -0.3 is 10.1 Å². The van der Waals surface area contributed by atoms with Crippen LogP contribution in [0.3, 0.4) is 0 Å². The number of ether oxygens (including phenoxy) is 1. The Labute approximate surface area is 203 Å². The van der Waals surface area contributed by atoms with E-state index in [1.165, 1.54) is 36.4 Å². The average Bonchev–Trinajstić information content (AvgIpc) is 3.13. The second-order valence-electron chi connectivity index (χ2n) is 7.38. The number of hydrazine groups is 1. The molecule has 34 heavy (non-hydrogen) atoms. The minimum atomic E-state index is -0.901. The van der Waals surface area contributed by atoms with Crippen molar-refractivity contribution >= 4 is 58.3 Å². The first-order valence-electron chi connectivity index (χ1n) is 9.83. The normalized spacial score (nSPS) is 15.1. The molecule has 0 aliphatic carbocycles. The van der Waals surface area contributed by atoms with Crippen LogP contribution in [-0.2, 0) is 19.1 Å². The molecule has 3 amide bonds. The standard InChI is InChI=1S/C21H18Cl2N4O7/c1-11-2-4-14(8-17(11)27(32)33)24-18(28)10-34-21(31)12-6-19(29)26(9-12)25-20(30)15-5-3-13(22)7-16(15)23/h2-5,7-8,12H,6,9-10H2,1H3,(H,24,28)(H,25,30)/t12-/m0/s1. The third kappa shape index (κ3) is 6.00. The van der Waals surface area contributed by atoms with E-state index in [2.05, 4.69) is 10.7 Å². The van der Waals surface area contributed by atoms with Crippen LogP contribution in [0.15, 0.2) is 36.4 Å². The van der Waals surface area contributed by atoms with Crippen LogP contribution in [0.25, 0.3) is 0 Å². The number of nitrogens with one attached hydrogen (secondary N) is 2. The van der Waals surface area contributed by atoms with E-state index in [0.717, 1.165) is 5.01 Å². The molecule has 1 saturated heterocycles. The molecular weight excluding hydrogens is 491 g/mol. The first-order valence-corrected chi connectivity index (χ1v) is 10.6. The van der Waals surface area contributed by atoms with Crippen molar-refractivity contribution in [1.82, 2.24) is 10.4 Å². The van der Waals surface area contributed by atoms with Gasteiger partial charge in [-0.05, 0) is 31.2 Å². The molecule has 3 rings (SSSR count). The Morgan fingerprint density at radius 2 is 1.94 bits per heavy atom. The number of amides is 3. The quantitative estimate of drug-likeness (QED) is 0.331. The summed E-state index contributed by atoms with van der Waals surface area (Å²) in [7, 11) is 0.